The number of aromatic nitrogens is 4. The Bertz CT molecular complexity index is 1150. The van der Waals surface area contributed by atoms with Crippen LogP contribution in [0.5, 0.6) is 5.88 Å². The number of nitrogens with zero attached hydrogens (tertiary/aromatic N) is 6. The van der Waals surface area contributed by atoms with Gasteiger partial charge >= 0.3 is 0 Å². The lowest BCUT2D eigenvalue weighted by atomic mass is 10.0. The van der Waals surface area contributed by atoms with Gasteiger partial charge in [-0.2, -0.15) is 5.10 Å². The van der Waals surface area contributed by atoms with Gasteiger partial charge in [0.1, 0.15) is 0 Å². The number of fused-ring (bicyclic) bond motifs is 1. The average molecular weight is 463 g/mol. The van der Waals surface area contributed by atoms with Crippen molar-refractivity contribution in [2.45, 2.75) is 32.7 Å². The minimum atomic E-state index is 0.270. The molecular formula is C26H34N6O2. The van der Waals surface area contributed by atoms with Gasteiger partial charge in [-0.1, -0.05) is 0 Å². The van der Waals surface area contributed by atoms with Crippen LogP contribution in [-0.4, -0.2) is 83.1 Å². The summed E-state index contributed by atoms with van der Waals surface area (Å²) in [5, 5.41) is 5.13. The first-order valence-corrected chi connectivity index (χ1v) is 12.1. The van der Waals surface area contributed by atoms with E-state index in [0.29, 0.717) is 19.1 Å². The number of likely N-dealkylation sites (N-methyl/N-ethyl adjacent to an activating group) is 1. The third-order valence-electron chi connectivity index (χ3n) is 7.09. The Morgan fingerprint density at radius 2 is 1.85 bits per heavy atom. The summed E-state index contributed by atoms with van der Waals surface area (Å²) in [6, 6.07) is 6.66. The number of methoxy groups -OCH3 is 1. The molecule has 0 saturated carbocycles. The van der Waals surface area contributed by atoms with Crippen LogP contribution in [0.4, 0.5) is 0 Å². The molecule has 3 aromatic rings. The molecule has 0 N–H and O–H groups in total. The minimum absolute atomic E-state index is 0.270. The third-order valence-corrected chi connectivity index (χ3v) is 7.09. The predicted octanol–water partition coefficient (Wildman–Crippen LogP) is 3.07. The largest absolute Gasteiger partial charge is 0.481 e. The van der Waals surface area contributed by atoms with E-state index >= 15 is 0 Å². The second kappa shape index (κ2) is 9.82. The second-order valence-electron chi connectivity index (χ2n) is 9.30. The Morgan fingerprint density at radius 1 is 1.06 bits per heavy atom. The van der Waals surface area contributed by atoms with Crippen LogP contribution < -0.4 is 4.74 Å². The fourth-order valence-corrected chi connectivity index (χ4v) is 4.99. The molecule has 3 aromatic heterocycles. The van der Waals surface area contributed by atoms with E-state index in [4.69, 9.17) is 19.6 Å². The first-order chi connectivity index (χ1) is 16.5. The summed E-state index contributed by atoms with van der Waals surface area (Å²) < 4.78 is 13.2. The van der Waals surface area contributed by atoms with Gasteiger partial charge in [0, 0.05) is 61.5 Å². The molecule has 2 aliphatic rings. The van der Waals surface area contributed by atoms with Crippen LogP contribution in [0.2, 0.25) is 0 Å². The molecule has 2 aliphatic heterocycles. The lowest BCUT2D eigenvalue weighted by molar-refractivity contribution is 0.117. The van der Waals surface area contributed by atoms with E-state index < -0.39 is 0 Å². The Kier molecular flexibility index (Phi) is 6.63. The van der Waals surface area contributed by atoms with Crippen molar-refractivity contribution in [1.29, 1.82) is 0 Å². The van der Waals surface area contributed by atoms with Gasteiger partial charge in [-0.15, -0.1) is 0 Å². The van der Waals surface area contributed by atoms with Crippen molar-refractivity contribution in [3.05, 3.63) is 53.1 Å². The zero-order valence-corrected chi connectivity index (χ0v) is 20.6. The maximum atomic E-state index is 5.83. The van der Waals surface area contributed by atoms with Gasteiger partial charge in [-0.25, -0.2) is 9.67 Å². The topological polar surface area (TPSA) is 68.5 Å². The van der Waals surface area contributed by atoms with Crippen LogP contribution in [0.25, 0.3) is 16.9 Å². The van der Waals surface area contributed by atoms with Crippen LogP contribution >= 0.6 is 0 Å². The molecule has 8 nitrogen and oxygen atoms in total. The van der Waals surface area contributed by atoms with E-state index in [-0.39, 0.29) is 6.04 Å². The Balaban J connectivity index is 1.53. The highest BCUT2D eigenvalue weighted by molar-refractivity contribution is 5.65. The molecule has 0 spiro atoms. The molecule has 1 atom stereocenters. The molecule has 34 heavy (non-hydrogen) atoms. The lowest BCUT2D eigenvalue weighted by Crippen LogP contribution is -2.45. The van der Waals surface area contributed by atoms with Crippen LogP contribution in [0.3, 0.4) is 0 Å². The SMILES string of the molecule is COc1ncc(-n2nc(-c3ccnc([C@H](C)N4CCN(C)CC4)c3)c3c2CCOCC3)cc1C. The zero-order valence-electron chi connectivity index (χ0n) is 20.6. The van der Waals surface area contributed by atoms with Gasteiger partial charge in [-0.3, -0.25) is 9.88 Å². The quantitative estimate of drug-likeness (QED) is 0.577. The number of rotatable bonds is 5. The normalized spacial score (nSPS) is 18.4. The van der Waals surface area contributed by atoms with Crippen molar-refractivity contribution >= 4 is 0 Å². The van der Waals surface area contributed by atoms with Crippen molar-refractivity contribution in [1.82, 2.24) is 29.5 Å². The average Bonchev–Trinajstić information content (AvgIpc) is 3.04. The highest BCUT2D eigenvalue weighted by Crippen LogP contribution is 2.32. The summed E-state index contributed by atoms with van der Waals surface area (Å²) in [5.74, 6) is 0.641. The van der Waals surface area contributed by atoms with Crippen molar-refractivity contribution < 1.29 is 9.47 Å². The molecule has 5 heterocycles. The van der Waals surface area contributed by atoms with Crippen LogP contribution in [0, 0.1) is 6.92 Å². The highest BCUT2D eigenvalue weighted by atomic mass is 16.5. The minimum Gasteiger partial charge on any atom is -0.481 e. The van der Waals surface area contributed by atoms with Gasteiger partial charge in [0.05, 0.1) is 49.3 Å². The maximum Gasteiger partial charge on any atom is 0.216 e. The number of piperazine rings is 1. The number of hydrogen-bond donors (Lipinski definition) is 0. The number of hydrogen-bond acceptors (Lipinski definition) is 7. The molecule has 0 radical (unpaired) electrons. The first kappa shape index (κ1) is 23.0. The molecule has 0 bridgehead atoms. The van der Waals surface area contributed by atoms with Crippen LogP contribution in [-0.2, 0) is 17.6 Å². The van der Waals surface area contributed by atoms with E-state index in [1.165, 1.54) is 11.3 Å². The Morgan fingerprint density at radius 3 is 2.62 bits per heavy atom. The monoisotopic (exact) mass is 462 g/mol. The molecule has 0 amide bonds. The Hall–Kier alpha value is -2.81. The number of aryl methyl sites for hydroxylation is 1. The summed E-state index contributed by atoms with van der Waals surface area (Å²) >= 11 is 0. The lowest BCUT2D eigenvalue weighted by Gasteiger charge is -2.36. The van der Waals surface area contributed by atoms with Gasteiger partial charge in [0.25, 0.3) is 0 Å². The fourth-order valence-electron chi connectivity index (χ4n) is 4.99. The Labute approximate surface area is 201 Å². The summed E-state index contributed by atoms with van der Waals surface area (Å²) in [6.07, 6.45) is 5.43. The molecule has 1 fully saturated rings. The van der Waals surface area contributed by atoms with Crippen LogP contribution in [0.1, 0.15) is 35.5 Å². The van der Waals surface area contributed by atoms with E-state index in [1.54, 1.807) is 7.11 Å². The number of pyridine rings is 2. The first-order valence-electron chi connectivity index (χ1n) is 12.1. The molecule has 1 saturated heterocycles. The molecule has 8 heteroatoms. The van der Waals surface area contributed by atoms with Gasteiger partial charge in [0.15, 0.2) is 0 Å². The predicted molar refractivity (Wildman–Crippen MR) is 132 cm³/mol. The molecule has 0 aromatic carbocycles. The van der Waals surface area contributed by atoms with Gasteiger partial charge in [-0.05, 0) is 45.5 Å². The molecule has 5 rings (SSSR count). The van der Waals surface area contributed by atoms with E-state index in [0.717, 1.165) is 67.2 Å². The maximum absolute atomic E-state index is 5.83. The van der Waals surface area contributed by atoms with Crippen molar-refractivity contribution in [2.75, 3.05) is 53.6 Å². The highest BCUT2D eigenvalue weighted by Gasteiger charge is 2.25. The number of ether oxygens (including phenoxy) is 2. The third kappa shape index (κ3) is 4.45. The summed E-state index contributed by atoms with van der Waals surface area (Å²) in [4.78, 5) is 14.1. The summed E-state index contributed by atoms with van der Waals surface area (Å²) in [6.45, 7) is 9.99. The molecule has 0 aliphatic carbocycles. The van der Waals surface area contributed by atoms with E-state index in [1.807, 2.05) is 24.0 Å². The molecule has 180 valence electrons. The smallest absolute Gasteiger partial charge is 0.216 e. The van der Waals surface area contributed by atoms with E-state index in [9.17, 15) is 0 Å². The fraction of sp³-hybridized carbons (Fsp3) is 0.500. The van der Waals surface area contributed by atoms with Crippen molar-refractivity contribution in [2.24, 2.45) is 0 Å². The van der Waals surface area contributed by atoms with Crippen molar-refractivity contribution in [3.8, 4) is 22.8 Å². The second-order valence-corrected chi connectivity index (χ2v) is 9.30. The van der Waals surface area contributed by atoms with Crippen molar-refractivity contribution in [3.63, 3.8) is 0 Å². The standard InChI is InChI=1S/C26H34N6O2/c1-18-15-21(17-28-26(18)33-4)32-24-7-14-34-13-6-22(24)25(29-32)20-5-8-27-23(16-20)19(2)31-11-9-30(3)10-12-31/h5,8,15-17,19H,6-7,9-14H2,1-4H3/t19-/m0/s1. The summed E-state index contributed by atoms with van der Waals surface area (Å²) in [7, 11) is 3.83. The van der Waals surface area contributed by atoms with Gasteiger partial charge < -0.3 is 14.4 Å². The molecular weight excluding hydrogens is 428 g/mol. The summed E-state index contributed by atoms with van der Waals surface area (Å²) in [5.41, 5.74) is 7.62. The molecule has 0 unspecified atom stereocenters. The van der Waals surface area contributed by atoms with Gasteiger partial charge in [0.2, 0.25) is 5.88 Å². The zero-order chi connectivity index (χ0) is 23.7. The van der Waals surface area contributed by atoms with Crippen LogP contribution in [0.15, 0.2) is 30.6 Å². The van der Waals surface area contributed by atoms with E-state index in [2.05, 4.69) is 47.0 Å².